The Hall–Kier alpha value is -2.56. The third-order valence-corrected chi connectivity index (χ3v) is 7.50. The second-order valence-electron chi connectivity index (χ2n) is 7.27. The first-order chi connectivity index (χ1) is 14.3. The zero-order valence-electron chi connectivity index (χ0n) is 17.2. The number of nitrogens with one attached hydrogen (secondary N) is 1. The third kappa shape index (κ3) is 3.44. The van der Waals surface area contributed by atoms with E-state index in [2.05, 4.69) is 15.2 Å². The lowest BCUT2D eigenvalue weighted by Crippen LogP contribution is -2.26. The number of thiophene rings is 2. The molecule has 3 aromatic heterocycles. The average molecular weight is 447 g/mol. The lowest BCUT2D eigenvalue weighted by molar-refractivity contribution is 0.0526. The van der Waals surface area contributed by atoms with Crippen LogP contribution in [0, 0.1) is 6.92 Å². The lowest BCUT2D eigenvalue weighted by Gasteiger charge is -2.22. The molecule has 0 spiro atoms. The van der Waals surface area contributed by atoms with Gasteiger partial charge in [-0.2, -0.15) is 0 Å². The number of ether oxygens (including phenoxy) is 1. The summed E-state index contributed by atoms with van der Waals surface area (Å²) in [5.41, 5.74) is 1.82. The van der Waals surface area contributed by atoms with Crippen molar-refractivity contribution in [2.75, 3.05) is 25.5 Å². The lowest BCUT2D eigenvalue weighted by atomic mass is 10.0. The van der Waals surface area contributed by atoms with E-state index in [1.807, 2.05) is 7.05 Å². The summed E-state index contributed by atoms with van der Waals surface area (Å²) in [6.45, 7) is 5.34. The monoisotopic (exact) mass is 446 g/mol. The van der Waals surface area contributed by atoms with Gasteiger partial charge in [-0.15, -0.1) is 22.7 Å². The average Bonchev–Trinajstić information content (AvgIpc) is 3.22. The number of hydrogen-bond acceptors (Lipinski definition) is 8. The molecule has 0 fully saturated rings. The van der Waals surface area contributed by atoms with Crippen LogP contribution in [0.5, 0.6) is 0 Å². The van der Waals surface area contributed by atoms with Crippen molar-refractivity contribution in [3.8, 4) is 0 Å². The van der Waals surface area contributed by atoms with Crippen molar-refractivity contribution in [1.82, 2.24) is 14.5 Å². The molecule has 1 aliphatic heterocycles. The van der Waals surface area contributed by atoms with Crippen LogP contribution in [0.25, 0.3) is 10.2 Å². The van der Waals surface area contributed by atoms with Crippen molar-refractivity contribution < 1.29 is 14.3 Å². The highest BCUT2D eigenvalue weighted by molar-refractivity contribution is 7.21. The molecule has 1 amide bonds. The molecule has 0 radical (unpaired) electrons. The topological polar surface area (TPSA) is 93.5 Å². The normalized spacial score (nSPS) is 14.0. The fourth-order valence-corrected chi connectivity index (χ4v) is 5.97. The number of carbonyl (C=O) groups is 2. The minimum Gasteiger partial charge on any atom is -0.462 e. The molecule has 4 heterocycles. The maximum absolute atomic E-state index is 13.1. The van der Waals surface area contributed by atoms with Crippen LogP contribution in [0.3, 0.4) is 0 Å². The molecule has 4 rings (SSSR count). The van der Waals surface area contributed by atoms with Gasteiger partial charge in [-0.25, -0.2) is 9.78 Å². The highest BCUT2D eigenvalue weighted by Crippen LogP contribution is 2.38. The Morgan fingerprint density at radius 1 is 1.30 bits per heavy atom. The minimum atomic E-state index is -0.418. The third-order valence-electron chi connectivity index (χ3n) is 5.17. The van der Waals surface area contributed by atoms with E-state index in [0.29, 0.717) is 31.2 Å². The molecule has 1 aliphatic rings. The number of esters is 1. The summed E-state index contributed by atoms with van der Waals surface area (Å²) in [5.74, 6) is -0.770. The maximum atomic E-state index is 13.1. The standard InChI is InChI=1S/C20H22N4O4S2/c1-5-28-20(27)14-11-6-7-23(3)8-12(11)29-18(14)22-16(25)15-10(2)13-17(30-15)21-9-24(4)19(13)26/h9H,5-8H2,1-4H3,(H,22,25). The first-order valence-corrected chi connectivity index (χ1v) is 11.2. The van der Waals surface area contributed by atoms with Gasteiger partial charge >= 0.3 is 5.97 Å². The van der Waals surface area contributed by atoms with E-state index < -0.39 is 5.97 Å². The van der Waals surface area contributed by atoms with Crippen molar-refractivity contribution in [2.24, 2.45) is 7.05 Å². The smallest absolute Gasteiger partial charge is 0.341 e. The van der Waals surface area contributed by atoms with Gasteiger partial charge in [0.25, 0.3) is 11.5 Å². The molecule has 158 valence electrons. The fraction of sp³-hybridized carbons (Fsp3) is 0.400. The van der Waals surface area contributed by atoms with E-state index in [1.165, 1.54) is 33.6 Å². The number of fused-ring (bicyclic) bond motifs is 2. The first-order valence-electron chi connectivity index (χ1n) is 9.58. The second kappa shape index (κ2) is 7.93. The summed E-state index contributed by atoms with van der Waals surface area (Å²) >= 11 is 2.59. The summed E-state index contributed by atoms with van der Waals surface area (Å²) < 4.78 is 6.65. The number of aromatic nitrogens is 2. The number of likely N-dealkylation sites (N-methyl/N-ethyl adjacent to an activating group) is 1. The van der Waals surface area contributed by atoms with E-state index in [1.54, 1.807) is 20.9 Å². The van der Waals surface area contributed by atoms with E-state index in [9.17, 15) is 14.4 Å². The minimum absolute atomic E-state index is 0.186. The van der Waals surface area contributed by atoms with Crippen LogP contribution in [0.4, 0.5) is 5.00 Å². The summed E-state index contributed by atoms with van der Waals surface area (Å²) in [6, 6.07) is 0. The van der Waals surface area contributed by atoms with E-state index >= 15 is 0 Å². The predicted molar refractivity (Wildman–Crippen MR) is 118 cm³/mol. The van der Waals surface area contributed by atoms with Gasteiger partial charge in [-0.05, 0) is 38.4 Å². The Labute approximate surface area is 181 Å². The molecular weight excluding hydrogens is 424 g/mol. The molecule has 10 heteroatoms. The highest BCUT2D eigenvalue weighted by atomic mass is 32.1. The molecule has 0 aromatic carbocycles. The van der Waals surface area contributed by atoms with Crippen LogP contribution in [0.15, 0.2) is 11.1 Å². The zero-order valence-corrected chi connectivity index (χ0v) is 18.8. The predicted octanol–water partition coefficient (Wildman–Crippen LogP) is 2.78. The van der Waals surface area contributed by atoms with Gasteiger partial charge in [-0.1, -0.05) is 0 Å². The largest absolute Gasteiger partial charge is 0.462 e. The van der Waals surface area contributed by atoms with Crippen LogP contribution in [-0.4, -0.2) is 46.5 Å². The Morgan fingerprint density at radius 3 is 2.80 bits per heavy atom. The Balaban J connectivity index is 1.74. The molecule has 0 saturated carbocycles. The van der Waals surface area contributed by atoms with Crippen LogP contribution in [-0.2, 0) is 24.8 Å². The Bertz CT molecular complexity index is 1220. The second-order valence-corrected chi connectivity index (χ2v) is 9.37. The molecule has 0 unspecified atom stereocenters. The van der Waals surface area contributed by atoms with Crippen molar-refractivity contribution in [3.05, 3.63) is 43.1 Å². The number of anilines is 1. The van der Waals surface area contributed by atoms with E-state index in [-0.39, 0.29) is 18.1 Å². The highest BCUT2D eigenvalue weighted by Gasteiger charge is 2.29. The van der Waals surface area contributed by atoms with E-state index in [4.69, 9.17) is 4.74 Å². The molecule has 8 nitrogen and oxygen atoms in total. The number of rotatable bonds is 4. The fourth-order valence-electron chi connectivity index (χ4n) is 3.62. The van der Waals surface area contributed by atoms with Gasteiger partial charge in [-0.3, -0.25) is 9.59 Å². The van der Waals surface area contributed by atoms with Gasteiger partial charge in [0.15, 0.2) is 0 Å². The summed E-state index contributed by atoms with van der Waals surface area (Å²) in [7, 11) is 3.66. The molecule has 0 saturated heterocycles. The van der Waals surface area contributed by atoms with Crippen molar-refractivity contribution in [3.63, 3.8) is 0 Å². The zero-order chi connectivity index (χ0) is 21.6. The van der Waals surface area contributed by atoms with Crippen molar-refractivity contribution >= 4 is 49.8 Å². The van der Waals surface area contributed by atoms with Gasteiger partial charge < -0.3 is 19.5 Å². The molecular formula is C20H22N4O4S2. The Morgan fingerprint density at radius 2 is 2.07 bits per heavy atom. The number of carbonyl (C=O) groups excluding carboxylic acids is 2. The maximum Gasteiger partial charge on any atom is 0.341 e. The van der Waals surface area contributed by atoms with Gasteiger partial charge in [0.1, 0.15) is 9.83 Å². The van der Waals surface area contributed by atoms with Crippen molar-refractivity contribution in [1.29, 1.82) is 0 Å². The molecule has 30 heavy (non-hydrogen) atoms. The van der Waals surface area contributed by atoms with Crippen molar-refractivity contribution in [2.45, 2.75) is 26.8 Å². The van der Waals surface area contributed by atoms with Gasteiger partial charge in [0, 0.05) is 25.0 Å². The summed E-state index contributed by atoms with van der Waals surface area (Å²) in [5, 5.41) is 3.86. The summed E-state index contributed by atoms with van der Waals surface area (Å²) in [6.07, 6.45) is 2.18. The van der Waals surface area contributed by atoms with Crippen LogP contribution in [0.2, 0.25) is 0 Å². The molecule has 0 bridgehead atoms. The van der Waals surface area contributed by atoms with E-state index in [0.717, 1.165) is 30.0 Å². The number of amides is 1. The molecule has 0 aliphatic carbocycles. The number of hydrogen-bond donors (Lipinski definition) is 1. The quantitative estimate of drug-likeness (QED) is 0.620. The first kappa shape index (κ1) is 20.7. The van der Waals surface area contributed by atoms with Crippen LogP contribution < -0.4 is 10.9 Å². The summed E-state index contributed by atoms with van der Waals surface area (Å²) in [4.78, 5) is 46.7. The van der Waals surface area contributed by atoms with Gasteiger partial charge in [0.2, 0.25) is 0 Å². The van der Waals surface area contributed by atoms with Crippen LogP contribution in [0.1, 0.15) is 43.0 Å². The number of aryl methyl sites for hydroxylation is 2. The molecule has 1 N–H and O–H groups in total. The SMILES string of the molecule is CCOC(=O)c1c(NC(=O)c2sc3ncn(C)c(=O)c3c2C)sc2c1CCN(C)C2. The Kier molecular flexibility index (Phi) is 5.48. The molecule has 0 atom stereocenters. The van der Waals surface area contributed by atoms with Gasteiger partial charge in [0.05, 0.1) is 28.8 Å². The molecule has 3 aromatic rings. The van der Waals surface area contributed by atoms with Crippen LogP contribution >= 0.6 is 22.7 Å². The number of nitrogens with zero attached hydrogens (tertiary/aromatic N) is 3.